The Kier molecular flexibility index (Phi) is 4.10. The highest BCUT2D eigenvalue weighted by Gasteiger charge is 2.24. The Balaban J connectivity index is 1.71. The van der Waals surface area contributed by atoms with Gasteiger partial charge in [0.25, 0.3) is 5.88 Å². The van der Waals surface area contributed by atoms with E-state index in [0.717, 1.165) is 19.4 Å². The minimum absolute atomic E-state index is 0.0149. The van der Waals surface area contributed by atoms with Crippen molar-refractivity contribution in [3.05, 3.63) is 42.1 Å². The van der Waals surface area contributed by atoms with Crippen molar-refractivity contribution in [3.8, 4) is 11.9 Å². The van der Waals surface area contributed by atoms with Crippen molar-refractivity contribution in [2.45, 2.75) is 18.9 Å². The summed E-state index contributed by atoms with van der Waals surface area (Å²) in [5, 5.41) is 8.90. The van der Waals surface area contributed by atoms with Crippen LogP contribution in [0.1, 0.15) is 18.5 Å². The maximum absolute atomic E-state index is 13.6. The van der Waals surface area contributed by atoms with Crippen LogP contribution in [0.5, 0.6) is 5.88 Å². The zero-order valence-electron chi connectivity index (χ0n) is 11.8. The van der Waals surface area contributed by atoms with Crippen LogP contribution in [-0.2, 0) is 0 Å². The number of nitriles is 1. The molecule has 2 aromatic heterocycles. The van der Waals surface area contributed by atoms with Crippen LogP contribution in [-0.4, -0.2) is 34.1 Å². The minimum Gasteiger partial charge on any atom is -0.470 e. The Morgan fingerprint density at radius 1 is 1.32 bits per heavy atom. The predicted octanol–water partition coefficient (Wildman–Crippen LogP) is 1.93. The Hall–Kier alpha value is -2.75. The highest BCUT2D eigenvalue weighted by atomic mass is 19.1. The molecule has 1 unspecified atom stereocenters. The summed E-state index contributed by atoms with van der Waals surface area (Å²) in [4.78, 5) is 14.2. The highest BCUT2D eigenvalue weighted by Crippen LogP contribution is 2.21. The van der Waals surface area contributed by atoms with Gasteiger partial charge >= 0.3 is 0 Å². The van der Waals surface area contributed by atoms with Crippen molar-refractivity contribution in [1.29, 1.82) is 5.26 Å². The second-order valence-electron chi connectivity index (χ2n) is 4.97. The molecule has 0 bridgehead atoms. The first kappa shape index (κ1) is 14.2. The molecule has 0 aliphatic carbocycles. The summed E-state index contributed by atoms with van der Waals surface area (Å²) in [7, 11) is 0. The fraction of sp³-hybridized carbons (Fsp3) is 0.333. The minimum atomic E-state index is -0.470. The van der Waals surface area contributed by atoms with Gasteiger partial charge in [0.2, 0.25) is 5.95 Å². The molecule has 1 saturated heterocycles. The van der Waals surface area contributed by atoms with E-state index >= 15 is 0 Å². The molecule has 1 fully saturated rings. The average Bonchev–Trinajstić information content (AvgIpc) is 2.57. The molecule has 0 N–H and O–H groups in total. The number of aromatic nitrogens is 3. The van der Waals surface area contributed by atoms with Gasteiger partial charge in [-0.2, -0.15) is 5.26 Å². The molecule has 0 aromatic carbocycles. The molecule has 0 saturated carbocycles. The Labute approximate surface area is 127 Å². The molecule has 1 aliphatic rings. The van der Waals surface area contributed by atoms with Gasteiger partial charge in [-0.15, -0.1) is 0 Å². The first-order chi connectivity index (χ1) is 10.8. The number of hydrogen-bond acceptors (Lipinski definition) is 6. The van der Waals surface area contributed by atoms with Crippen LogP contribution in [0.15, 0.2) is 30.6 Å². The summed E-state index contributed by atoms with van der Waals surface area (Å²) in [5.41, 5.74) is 0.323. The summed E-state index contributed by atoms with van der Waals surface area (Å²) in [6, 6.07) is 6.40. The maximum Gasteiger partial charge on any atom is 0.250 e. The number of rotatable bonds is 3. The number of halogens is 1. The van der Waals surface area contributed by atoms with Crippen molar-refractivity contribution in [1.82, 2.24) is 15.0 Å². The molecule has 22 heavy (non-hydrogen) atoms. The Bertz CT molecular complexity index is 702. The number of pyridine rings is 1. The molecule has 0 radical (unpaired) electrons. The first-order valence-electron chi connectivity index (χ1n) is 7.01. The van der Waals surface area contributed by atoms with Gasteiger partial charge in [0.05, 0.1) is 6.54 Å². The third-order valence-corrected chi connectivity index (χ3v) is 3.42. The van der Waals surface area contributed by atoms with E-state index in [1.807, 2.05) is 11.0 Å². The van der Waals surface area contributed by atoms with Crippen LogP contribution in [0.3, 0.4) is 0 Å². The van der Waals surface area contributed by atoms with Crippen molar-refractivity contribution >= 4 is 5.95 Å². The van der Waals surface area contributed by atoms with E-state index in [0.29, 0.717) is 18.2 Å². The van der Waals surface area contributed by atoms with E-state index in [-0.39, 0.29) is 12.0 Å². The standard InChI is InChI=1S/C15H14FN5O/c16-13-4-1-6-18-14(13)22-12-3-2-8-21(10-12)15-19-7-5-11(9-17)20-15/h1,4-7,12H,2-3,8,10H2. The van der Waals surface area contributed by atoms with E-state index in [1.54, 1.807) is 12.3 Å². The molecule has 112 valence electrons. The van der Waals surface area contributed by atoms with Crippen LogP contribution in [0.4, 0.5) is 10.3 Å². The van der Waals surface area contributed by atoms with Crippen molar-refractivity contribution in [2.24, 2.45) is 0 Å². The Morgan fingerprint density at radius 2 is 2.23 bits per heavy atom. The van der Waals surface area contributed by atoms with Crippen molar-refractivity contribution in [2.75, 3.05) is 18.0 Å². The second-order valence-corrected chi connectivity index (χ2v) is 4.97. The number of nitrogens with zero attached hydrogens (tertiary/aromatic N) is 5. The molecule has 3 rings (SSSR count). The topological polar surface area (TPSA) is 74.9 Å². The van der Waals surface area contributed by atoms with Crippen molar-refractivity contribution < 1.29 is 9.13 Å². The van der Waals surface area contributed by atoms with Crippen LogP contribution < -0.4 is 9.64 Å². The summed E-state index contributed by atoms with van der Waals surface area (Å²) in [5.74, 6) is 0.0391. The van der Waals surface area contributed by atoms with E-state index in [1.165, 1.54) is 18.3 Å². The fourth-order valence-corrected chi connectivity index (χ4v) is 2.39. The lowest BCUT2D eigenvalue weighted by atomic mass is 10.1. The van der Waals surface area contributed by atoms with Gasteiger partial charge in [0, 0.05) is 18.9 Å². The maximum atomic E-state index is 13.6. The summed E-state index contributed by atoms with van der Waals surface area (Å²) in [6.45, 7) is 1.31. The van der Waals surface area contributed by atoms with Crippen LogP contribution in [0.2, 0.25) is 0 Å². The van der Waals surface area contributed by atoms with E-state index in [4.69, 9.17) is 10.00 Å². The van der Waals surface area contributed by atoms with Gasteiger partial charge in [0.15, 0.2) is 5.82 Å². The lowest BCUT2D eigenvalue weighted by Gasteiger charge is -2.32. The van der Waals surface area contributed by atoms with E-state index < -0.39 is 5.82 Å². The van der Waals surface area contributed by atoms with E-state index in [2.05, 4.69) is 15.0 Å². The van der Waals surface area contributed by atoms with Gasteiger partial charge in [-0.25, -0.2) is 19.3 Å². The number of anilines is 1. The molecule has 7 heteroatoms. The van der Waals surface area contributed by atoms with Gasteiger partial charge in [-0.1, -0.05) is 0 Å². The molecule has 3 heterocycles. The summed E-state index contributed by atoms with van der Waals surface area (Å²) in [6.07, 6.45) is 4.55. The van der Waals surface area contributed by atoms with Gasteiger partial charge in [0.1, 0.15) is 17.9 Å². The molecule has 0 amide bonds. The summed E-state index contributed by atoms with van der Waals surface area (Å²) < 4.78 is 19.2. The SMILES string of the molecule is N#Cc1ccnc(N2CCCC(Oc3ncccc3F)C2)n1. The smallest absolute Gasteiger partial charge is 0.250 e. The van der Waals surface area contributed by atoms with Gasteiger partial charge < -0.3 is 9.64 Å². The van der Waals surface area contributed by atoms with Crippen molar-refractivity contribution in [3.63, 3.8) is 0 Å². The Morgan fingerprint density at radius 3 is 3.05 bits per heavy atom. The zero-order valence-corrected chi connectivity index (χ0v) is 11.8. The lowest BCUT2D eigenvalue weighted by molar-refractivity contribution is 0.163. The van der Waals surface area contributed by atoms with Crippen LogP contribution in [0, 0.1) is 17.1 Å². The lowest BCUT2D eigenvalue weighted by Crippen LogP contribution is -2.42. The van der Waals surface area contributed by atoms with E-state index in [9.17, 15) is 4.39 Å². The number of hydrogen-bond donors (Lipinski definition) is 0. The first-order valence-corrected chi connectivity index (χ1v) is 7.01. The van der Waals surface area contributed by atoms with Crippen LogP contribution >= 0.6 is 0 Å². The molecule has 1 aliphatic heterocycles. The van der Waals surface area contributed by atoms with Gasteiger partial charge in [-0.05, 0) is 31.0 Å². The van der Waals surface area contributed by atoms with Gasteiger partial charge in [-0.3, -0.25) is 0 Å². The molecule has 6 nitrogen and oxygen atoms in total. The monoisotopic (exact) mass is 299 g/mol. The normalized spacial score (nSPS) is 17.8. The molecular formula is C15H14FN5O. The molecule has 0 spiro atoms. The van der Waals surface area contributed by atoms with Crippen LogP contribution in [0.25, 0.3) is 0 Å². The number of piperidine rings is 1. The third-order valence-electron chi connectivity index (χ3n) is 3.42. The number of ether oxygens (including phenoxy) is 1. The largest absolute Gasteiger partial charge is 0.470 e. The predicted molar refractivity (Wildman–Crippen MR) is 76.8 cm³/mol. The quantitative estimate of drug-likeness (QED) is 0.862. The fourth-order valence-electron chi connectivity index (χ4n) is 2.39. The molecule has 1 atom stereocenters. The average molecular weight is 299 g/mol. The molecule has 2 aromatic rings. The third kappa shape index (κ3) is 3.11. The highest BCUT2D eigenvalue weighted by molar-refractivity contribution is 5.34. The summed E-state index contributed by atoms with van der Waals surface area (Å²) >= 11 is 0. The zero-order chi connectivity index (χ0) is 15.4. The molecular weight excluding hydrogens is 285 g/mol. The second kappa shape index (κ2) is 6.35.